The number of benzene rings is 3. The normalized spacial score (nSPS) is 16.8. The van der Waals surface area contributed by atoms with Crippen LogP contribution in [0.3, 0.4) is 0 Å². The second kappa shape index (κ2) is 5.64. The summed E-state index contributed by atoms with van der Waals surface area (Å²) in [5.74, 6) is 0.866. The first kappa shape index (κ1) is 14.2. The van der Waals surface area contributed by atoms with Crippen molar-refractivity contribution in [3.05, 3.63) is 77.3 Å². The van der Waals surface area contributed by atoms with Crippen LogP contribution in [0.2, 0.25) is 5.02 Å². The van der Waals surface area contributed by atoms with Crippen LogP contribution in [-0.4, -0.2) is 13.3 Å². The summed E-state index contributed by atoms with van der Waals surface area (Å²) in [7, 11) is 2.01. The van der Waals surface area contributed by atoms with Gasteiger partial charge in [0.15, 0.2) is 6.23 Å². The molecule has 0 saturated heterocycles. The standard InChI is InChI=1S/C20H16ClNO/c1-22-18-13-17(21)9-10-19(18)23-20(22)11-7-14-6-8-15-4-2-3-5-16(15)12-14/h2-13,20H,1H3. The van der Waals surface area contributed by atoms with Crippen molar-refractivity contribution in [2.24, 2.45) is 0 Å². The number of halogens is 1. The number of likely N-dealkylation sites (N-methyl/N-ethyl adjacent to an activating group) is 1. The molecule has 4 rings (SSSR count). The Balaban J connectivity index is 1.59. The molecular weight excluding hydrogens is 306 g/mol. The Bertz CT molecular complexity index is 903. The molecule has 0 saturated carbocycles. The molecule has 3 heteroatoms. The van der Waals surface area contributed by atoms with Crippen LogP contribution in [0, 0.1) is 0 Å². The molecule has 3 aromatic rings. The zero-order valence-electron chi connectivity index (χ0n) is 12.7. The predicted molar refractivity (Wildman–Crippen MR) is 97.3 cm³/mol. The molecule has 3 aromatic carbocycles. The Hall–Kier alpha value is -2.45. The molecule has 1 atom stereocenters. The molecule has 0 amide bonds. The van der Waals surface area contributed by atoms with Crippen LogP contribution < -0.4 is 9.64 Å². The lowest BCUT2D eigenvalue weighted by atomic mass is 10.1. The maximum absolute atomic E-state index is 6.06. The molecule has 1 unspecified atom stereocenters. The van der Waals surface area contributed by atoms with E-state index in [1.54, 1.807) is 0 Å². The van der Waals surface area contributed by atoms with E-state index in [2.05, 4.69) is 59.5 Å². The number of fused-ring (bicyclic) bond motifs is 2. The summed E-state index contributed by atoms with van der Waals surface area (Å²) < 4.78 is 5.96. The molecule has 114 valence electrons. The van der Waals surface area contributed by atoms with Crippen LogP contribution in [0.4, 0.5) is 5.69 Å². The number of nitrogens with zero attached hydrogens (tertiary/aromatic N) is 1. The third-order valence-electron chi connectivity index (χ3n) is 4.16. The van der Waals surface area contributed by atoms with Crippen molar-refractivity contribution in [3.63, 3.8) is 0 Å². The van der Waals surface area contributed by atoms with E-state index in [9.17, 15) is 0 Å². The summed E-state index contributed by atoms with van der Waals surface area (Å²) >= 11 is 6.06. The Labute approximate surface area is 140 Å². The predicted octanol–water partition coefficient (Wildman–Crippen LogP) is 5.36. The second-order valence-electron chi connectivity index (χ2n) is 5.70. The topological polar surface area (TPSA) is 12.5 Å². The van der Waals surface area contributed by atoms with Crippen LogP contribution >= 0.6 is 11.6 Å². The molecular formula is C20H16ClNO. The molecule has 1 aliphatic rings. The van der Waals surface area contributed by atoms with E-state index in [4.69, 9.17) is 16.3 Å². The van der Waals surface area contributed by atoms with Gasteiger partial charge in [0, 0.05) is 12.1 Å². The zero-order valence-corrected chi connectivity index (χ0v) is 13.5. The fourth-order valence-corrected chi connectivity index (χ4v) is 3.05. The van der Waals surface area contributed by atoms with Gasteiger partial charge in [-0.3, -0.25) is 0 Å². The van der Waals surface area contributed by atoms with E-state index in [0.717, 1.165) is 22.0 Å². The Kier molecular flexibility index (Phi) is 3.47. The van der Waals surface area contributed by atoms with Crippen molar-refractivity contribution >= 4 is 34.1 Å². The van der Waals surface area contributed by atoms with Gasteiger partial charge >= 0.3 is 0 Å². The number of anilines is 1. The van der Waals surface area contributed by atoms with Crippen LogP contribution in [0.5, 0.6) is 5.75 Å². The minimum Gasteiger partial charge on any atom is -0.465 e. The first-order valence-electron chi connectivity index (χ1n) is 7.57. The molecule has 0 fully saturated rings. The number of rotatable bonds is 2. The minimum atomic E-state index is -0.116. The molecule has 0 aromatic heterocycles. The van der Waals surface area contributed by atoms with Crippen LogP contribution in [-0.2, 0) is 0 Å². The van der Waals surface area contributed by atoms with Gasteiger partial charge in [0.25, 0.3) is 0 Å². The van der Waals surface area contributed by atoms with E-state index in [-0.39, 0.29) is 6.23 Å². The average molecular weight is 322 g/mol. The summed E-state index contributed by atoms with van der Waals surface area (Å²) in [6.07, 6.45) is 4.05. The van der Waals surface area contributed by atoms with Gasteiger partial charge in [0.05, 0.1) is 5.69 Å². The van der Waals surface area contributed by atoms with Crippen molar-refractivity contribution in [1.29, 1.82) is 0 Å². The van der Waals surface area contributed by atoms with Crippen molar-refractivity contribution in [1.82, 2.24) is 0 Å². The number of hydrogen-bond donors (Lipinski definition) is 0. The fourth-order valence-electron chi connectivity index (χ4n) is 2.89. The second-order valence-corrected chi connectivity index (χ2v) is 6.13. The number of hydrogen-bond acceptors (Lipinski definition) is 2. The minimum absolute atomic E-state index is 0.116. The Morgan fingerprint density at radius 2 is 1.83 bits per heavy atom. The number of ether oxygens (including phenoxy) is 1. The van der Waals surface area contributed by atoms with Crippen LogP contribution in [0.1, 0.15) is 5.56 Å². The lowest BCUT2D eigenvalue weighted by Crippen LogP contribution is -2.28. The van der Waals surface area contributed by atoms with Crippen LogP contribution in [0.25, 0.3) is 16.8 Å². The smallest absolute Gasteiger partial charge is 0.192 e. The molecule has 23 heavy (non-hydrogen) atoms. The van der Waals surface area contributed by atoms with E-state index >= 15 is 0 Å². The SMILES string of the molecule is CN1c2cc(Cl)ccc2OC1C=Cc1ccc2ccccc2c1. The van der Waals surface area contributed by atoms with Crippen molar-refractivity contribution < 1.29 is 4.74 Å². The van der Waals surface area contributed by atoms with Gasteiger partial charge in [0.1, 0.15) is 5.75 Å². The lowest BCUT2D eigenvalue weighted by Gasteiger charge is -2.16. The average Bonchev–Trinajstić information content (AvgIpc) is 2.89. The molecule has 0 N–H and O–H groups in total. The molecule has 0 bridgehead atoms. The van der Waals surface area contributed by atoms with Gasteiger partial charge in [-0.1, -0.05) is 54.1 Å². The quantitative estimate of drug-likeness (QED) is 0.630. The van der Waals surface area contributed by atoms with E-state index < -0.39 is 0 Å². The van der Waals surface area contributed by atoms with Crippen molar-refractivity contribution in [2.45, 2.75) is 6.23 Å². The molecule has 0 spiro atoms. The summed E-state index contributed by atoms with van der Waals surface area (Å²) in [6, 6.07) is 20.5. The van der Waals surface area contributed by atoms with Gasteiger partial charge in [-0.25, -0.2) is 0 Å². The lowest BCUT2D eigenvalue weighted by molar-refractivity contribution is 0.280. The Morgan fingerprint density at radius 1 is 1.00 bits per heavy atom. The van der Waals surface area contributed by atoms with Gasteiger partial charge in [-0.15, -0.1) is 0 Å². The highest BCUT2D eigenvalue weighted by molar-refractivity contribution is 6.31. The molecule has 2 nitrogen and oxygen atoms in total. The van der Waals surface area contributed by atoms with Crippen LogP contribution in [0.15, 0.2) is 66.7 Å². The highest BCUT2D eigenvalue weighted by Gasteiger charge is 2.25. The molecule has 0 aliphatic carbocycles. The third-order valence-corrected chi connectivity index (χ3v) is 4.39. The summed E-state index contributed by atoms with van der Waals surface area (Å²) in [5, 5.41) is 3.21. The zero-order chi connectivity index (χ0) is 15.8. The highest BCUT2D eigenvalue weighted by Crippen LogP contribution is 2.38. The van der Waals surface area contributed by atoms with Crippen molar-refractivity contribution in [2.75, 3.05) is 11.9 Å². The summed E-state index contributed by atoms with van der Waals surface area (Å²) in [4.78, 5) is 2.08. The van der Waals surface area contributed by atoms with E-state index in [1.165, 1.54) is 10.8 Å². The monoisotopic (exact) mass is 321 g/mol. The fraction of sp³-hybridized carbons (Fsp3) is 0.100. The summed E-state index contributed by atoms with van der Waals surface area (Å²) in [5.41, 5.74) is 2.18. The largest absolute Gasteiger partial charge is 0.465 e. The molecule has 0 radical (unpaired) electrons. The van der Waals surface area contributed by atoms with Gasteiger partial charge in [0.2, 0.25) is 0 Å². The first-order valence-corrected chi connectivity index (χ1v) is 7.94. The maximum Gasteiger partial charge on any atom is 0.192 e. The van der Waals surface area contributed by atoms with Gasteiger partial charge < -0.3 is 9.64 Å². The van der Waals surface area contributed by atoms with Crippen molar-refractivity contribution in [3.8, 4) is 5.75 Å². The maximum atomic E-state index is 6.06. The van der Waals surface area contributed by atoms with E-state index in [1.807, 2.05) is 25.2 Å². The van der Waals surface area contributed by atoms with Gasteiger partial charge in [-0.2, -0.15) is 0 Å². The first-order chi connectivity index (χ1) is 11.2. The van der Waals surface area contributed by atoms with Gasteiger partial charge in [-0.05, 0) is 46.7 Å². The Morgan fingerprint density at radius 3 is 2.70 bits per heavy atom. The summed E-state index contributed by atoms with van der Waals surface area (Å²) in [6.45, 7) is 0. The highest BCUT2D eigenvalue weighted by atomic mass is 35.5. The third kappa shape index (κ3) is 2.66. The molecule has 1 heterocycles. The van der Waals surface area contributed by atoms with E-state index in [0.29, 0.717) is 0 Å². The molecule has 1 aliphatic heterocycles.